The number of benzene rings is 2. The first-order chi connectivity index (χ1) is 14.4. The van der Waals surface area contributed by atoms with E-state index < -0.39 is 0 Å². The van der Waals surface area contributed by atoms with Crippen LogP contribution in [0.25, 0.3) is 11.4 Å². The molecule has 4 rings (SSSR count). The van der Waals surface area contributed by atoms with Crippen LogP contribution in [0.2, 0.25) is 0 Å². The Labute approximate surface area is 180 Å². The molecule has 0 N–H and O–H groups in total. The van der Waals surface area contributed by atoms with Crippen molar-refractivity contribution in [2.45, 2.75) is 27.7 Å². The summed E-state index contributed by atoms with van der Waals surface area (Å²) >= 11 is 0. The Hall–Kier alpha value is -3.26. The fraction of sp³-hybridized carbons (Fsp3) is 0.214. The minimum Gasteiger partial charge on any atom is -0.348 e. The highest BCUT2D eigenvalue weighted by Gasteiger charge is 2.21. The first-order valence-electron chi connectivity index (χ1n) is 10.5. The predicted octanol–water partition coefficient (Wildman–Crippen LogP) is 6.68. The van der Waals surface area contributed by atoms with Crippen molar-refractivity contribution in [1.82, 2.24) is 9.80 Å². The van der Waals surface area contributed by atoms with E-state index in [4.69, 9.17) is 0 Å². The van der Waals surface area contributed by atoms with E-state index in [0.717, 1.165) is 0 Å². The van der Waals surface area contributed by atoms with Gasteiger partial charge in [-0.3, -0.25) is 0 Å². The molecule has 152 valence electrons. The summed E-state index contributed by atoms with van der Waals surface area (Å²) in [5, 5.41) is 0. The molecule has 0 unspecified atom stereocenters. The fourth-order valence-corrected chi connectivity index (χ4v) is 4.17. The molecule has 2 aliphatic heterocycles. The van der Waals surface area contributed by atoms with Crippen LogP contribution in [0.4, 0.5) is 0 Å². The Morgan fingerprint density at radius 1 is 0.500 bits per heavy atom. The van der Waals surface area contributed by atoms with E-state index >= 15 is 0 Å². The maximum Gasteiger partial charge on any atom is 0.0488 e. The van der Waals surface area contributed by atoms with Crippen LogP contribution in [0.3, 0.4) is 0 Å². The average Bonchev–Trinajstić information content (AvgIpc) is 2.73. The highest BCUT2D eigenvalue weighted by atomic mass is 15.1. The van der Waals surface area contributed by atoms with E-state index in [9.17, 15) is 0 Å². The SMILES string of the molecule is CC1=C/C(=C2/C=C(C)N(C)C(c3ccccc3C)=C2)C=C(c2ccccc2C)N1C. The summed E-state index contributed by atoms with van der Waals surface area (Å²) in [6.45, 7) is 8.73. The zero-order valence-corrected chi connectivity index (χ0v) is 18.8. The van der Waals surface area contributed by atoms with Gasteiger partial charge in [0.1, 0.15) is 0 Å². The molecule has 0 spiro atoms. The average molecular weight is 395 g/mol. The first-order valence-corrected chi connectivity index (χ1v) is 10.5. The van der Waals surface area contributed by atoms with Crippen molar-refractivity contribution in [2.24, 2.45) is 0 Å². The van der Waals surface area contributed by atoms with Crippen LogP contribution in [0.5, 0.6) is 0 Å². The molecule has 2 aromatic rings. The summed E-state index contributed by atoms with van der Waals surface area (Å²) in [5.74, 6) is 0. The van der Waals surface area contributed by atoms with Gasteiger partial charge in [-0.15, -0.1) is 0 Å². The van der Waals surface area contributed by atoms with Crippen molar-refractivity contribution in [3.8, 4) is 0 Å². The molecule has 0 bridgehead atoms. The van der Waals surface area contributed by atoms with Crippen LogP contribution in [0.1, 0.15) is 36.1 Å². The summed E-state index contributed by atoms with van der Waals surface area (Å²) in [5.41, 5.74) is 12.6. The van der Waals surface area contributed by atoms with E-state index in [-0.39, 0.29) is 0 Å². The van der Waals surface area contributed by atoms with Gasteiger partial charge in [0.15, 0.2) is 0 Å². The van der Waals surface area contributed by atoms with Gasteiger partial charge < -0.3 is 9.80 Å². The van der Waals surface area contributed by atoms with Crippen molar-refractivity contribution in [3.05, 3.63) is 118 Å². The number of nitrogens with zero attached hydrogens (tertiary/aromatic N) is 2. The number of allylic oxidation sites excluding steroid dienone is 8. The van der Waals surface area contributed by atoms with Gasteiger partial charge in [0.05, 0.1) is 0 Å². The number of hydrogen-bond donors (Lipinski definition) is 0. The summed E-state index contributed by atoms with van der Waals surface area (Å²) in [7, 11) is 4.30. The minimum atomic E-state index is 1.24. The van der Waals surface area contributed by atoms with Crippen molar-refractivity contribution in [1.29, 1.82) is 0 Å². The normalized spacial score (nSPS) is 19.3. The Morgan fingerprint density at radius 2 is 0.867 bits per heavy atom. The summed E-state index contributed by atoms with van der Waals surface area (Å²) < 4.78 is 0. The molecular formula is C28H30N2. The number of aryl methyl sites for hydroxylation is 2. The summed E-state index contributed by atoms with van der Waals surface area (Å²) in [6, 6.07) is 17.2. The van der Waals surface area contributed by atoms with Crippen molar-refractivity contribution >= 4 is 11.4 Å². The molecule has 0 amide bonds. The third kappa shape index (κ3) is 3.54. The Morgan fingerprint density at radius 3 is 1.23 bits per heavy atom. The molecule has 2 aromatic carbocycles. The molecule has 2 heteroatoms. The van der Waals surface area contributed by atoms with Gasteiger partial charge in [-0.1, -0.05) is 48.5 Å². The van der Waals surface area contributed by atoms with Crippen LogP contribution in [0, 0.1) is 13.8 Å². The summed E-state index contributed by atoms with van der Waals surface area (Å²) in [4.78, 5) is 4.56. The molecule has 0 atom stereocenters. The zero-order valence-electron chi connectivity index (χ0n) is 18.8. The van der Waals surface area contributed by atoms with Gasteiger partial charge in [-0.2, -0.15) is 0 Å². The van der Waals surface area contributed by atoms with Crippen molar-refractivity contribution in [3.63, 3.8) is 0 Å². The van der Waals surface area contributed by atoms with Crippen LogP contribution in [0.15, 0.2) is 95.4 Å². The third-order valence-corrected chi connectivity index (χ3v) is 6.27. The molecule has 2 nitrogen and oxygen atoms in total. The van der Waals surface area contributed by atoms with Crippen LogP contribution in [-0.4, -0.2) is 23.9 Å². The monoisotopic (exact) mass is 394 g/mol. The quantitative estimate of drug-likeness (QED) is 0.560. The van der Waals surface area contributed by atoms with Crippen molar-refractivity contribution < 1.29 is 0 Å². The zero-order chi connectivity index (χ0) is 21.4. The molecular weight excluding hydrogens is 364 g/mol. The minimum absolute atomic E-state index is 1.24. The molecule has 0 saturated heterocycles. The fourth-order valence-electron chi connectivity index (χ4n) is 4.17. The Balaban J connectivity index is 1.90. The molecule has 2 aliphatic rings. The highest BCUT2D eigenvalue weighted by Crippen LogP contribution is 2.36. The largest absolute Gasteiger partial charge is 0.348 e. The van der Waals surface area contributed by atoms with Gasteiger partial charge in [-0.05, 0) is 74.3 Å². The second-order valence-electron chi connectivity index (χ2n) is 8.29. The molecule has 0 aliphatic carbocycles. The van der Waals surface area contributed by atoms with Crippen LogP contribution in [-0.2, 0) is 0 Å². The lowest BCUT2D eigenvalue weighted by Gasteiger charge is -2.31. The van der Waals surface area contributed by atoms with E-state index in [1.165, 1.54) is 56.2 Å². The molecule has 0 saturated carbocycles. The molecule has 0 aromatic heterocycles. The van der Waals surface area contributed by atoms with E-state index in [1.807, 2.05) is 0 Å². The number of hydrogen-bond acceptors (Lipinski definition) is 2. The lowest BCUT2D eigenvalue weighted by atomic mass is 9.93. The van der Waals surface area contributed by atoms with Crippen molar-refractivity contribution in [2.75, 3.05) is 14.1 Å². The molecule has 0 radical (unpaired) electrons. The van der Waals surface area contributed by atoms with Gasteiger partial charge in [0, 0.05) is 48.0 Å². The first kappa shape index (κ1) is 20.0. The molecule has 2 heterocycles. The number of rotatable bonds is 2. The second kappa shape index (κ2) is 7.87. The van der Waals surface area contributed by atoms with E-state index in [2.05, 4.69) is 124 Å². The summed E-state index contributed by atoms with van der Waals surface area (Å²) in [6.07, 6.45) is 9.23. The smallest absolute Gasteiger partial charge is 0.0488 e. The van der Waals surface area contributed by atoms with Crippen LogP contribution >= 0.6 is 0 Å². The van der Waals surface area contributed by atoms with E-state index in [0.29, 0.717) is 0 Å². The lowest BCUT2D eigenvalue weighted by Crippen LogP contribution is -2.20. The van der Waals surface area contributed by atoms with Gasteiger partial charge in [0.2, 0.25) is 0 Å². The third-order valence-electron chi connectivity index (χ3n) is 6.27. The highest BCUT2D eigenvalue weighted by molar-refractivity contribution is 5.78. The van der Waals surface area contributed by atoms with Crippen LogP contribution < -0.4 is 0 Å². The van der Waals surface area contributed by atoms with Gasteiger partial charge in [-0.25, -0.2) is 0 Å². The second-order valence-corrected chi connectivity index (χ2v) is 8.29. The topological polar surface area (TPSA) is 6.48 Å². The Kier molecular flexibility index (Phi) is 5.26. The van der Waals surface area contributed by atoms with Gasteiger partial charge >= 0.3 is 0 Å². The Bertz CT molecular complexity index is 1060. The molecule has 0 fully saturated rings. The van der Waals surface area contributed by atoms with Gasteiger partial charge in [0.25, 0.3) is 0 Å². The maximum absolute atomic E-state index is 2.33. The lowest BCUT2D eigenvalue weighted by molar-refractivity contribution is 0.587. The predicted molar refractivity (Wildman–Crippen MR) is 128 cm³/mol. The maximum atomic E-state index is 2.33. The standard InChI is InChI=1S/C28H30N2/c1-19-11-7-9-13-25(19)27-17-23(15-21(3)29(27)5)24-16-22(4)30(6)28(18-24)26-14-10-8-12-20(26)2/h7-18H,1-6H3/b24-23+. The molecule has 30 heavy (non-hydrogen) atoms. The van der Waals surface area contributed by atoms with E-state index in [1.54, 1.807) is 0 Å².